The molecule has 0 spiro atoms. The quantitative estimate of drug-likeness (QED) is 0.819. The number of benzene rings is 1. The normalized spacial score (nSPS) is 15.5. The minimum absolute atomic E-state index is 0.283. The monoisotopic (exact) mass is 306 g/mol. The Labute approximate surface area is 132 Å². The fourth-order valence-electron chi connectivity index (χ4n) is 2.41. The number of carbonyl (C=O) groups excluding carboxylic acids is 1. The van der Waals surface area contributed by atoms with Crippen molar-refractivity contribution < 1.29 is 4.79 Å². The van der Waals surface area contributed by atoms with Crippen molar-refractivity contribution >= 4 is 17.7 Å². The standard InChI is InChI=1S/C17H26N2OS/c1-14(2)18-12-15-6-8-16(9-7-15)21-13-17(20)19-10-4-3-5-11-19/h6-9,14,18H,3-5,10-13H2,1-2H3. The summed E-state index contributed by atoms with van der Waals surface area (Å²) in [5.41, 5.74) is 1.29. The Morgan fingerprint density at radius 3 is 2.48 bits per heavy atom. The number of nitrogens with one attached hydrogen (secondary N) is 1. The number of rotatable bonds is 6. The van der Waals surface area contributed by atoms with Gasteiger partial charge in [-0.25, -0.2) is 0 Å². The van der Waals surface area contributed by atoms with Gasteiger partial charge in [-0.15, -0.1) is 11.8 Å². The van der Waals surface area contributed by atoms with Crippen LogP contribution in [0.15, 0.2) is 29.2 Å². The summed E-state index contributed by atoms with van der Waals surface area (Å²) in [6.45, 7) is 7.08. The van der Waals surface area contributed by atoms with Crippen LogP contribution in [0.2, 0.25) is 0 Å². The van der Waals surface area contributed by atoms with E-state index in [2.05, 4.69) is 43.4 Å². The van der Waals surface area contributed by atoms with Crippen LogP contribution in [-0.4, -0.2) is 35.7 Å². The first-order valence-electron chi connectivity index (χ1n) is 7.88. The average molecular weight is 306 g/mol. The lowest BCUT2D eigenvalue weighted by Gasteiger charge is -2.26. The zero-order valence-corrected chi connectivity index (χ0v) is 13.9. The number of carbonyl (C=O) groups is 1. The highest BCUT2D eigenvalue weighted by Crippen LogP contribution is 2.20. The predicted molar refractivity (Wildman–Crippen MR) is 89.6 cm³/mol. The first kappa shape index (κ1) is 16.4. The maximum Gasteiger partial charge on any atom is 0.232 e. The third-order valence-electron chi connectivity index (χ3n) is 3.71. The van der Waals surface area contributed by atoms with Crippen LogP contribution >= 0.6 is 11.8 Å². The van der Waals surface area contributed by atoms with Crippen molar-refractivity contribution in [3.05, 3.63) is 29.8 Å². The van der Waals surface area contributed by atoms with Crippen molar-refractivity contribution in [2.75, 3.05) is 18.8 Å². The first-order valence-corrected chi connectivity index (χ1v) is 8.86. The van der Waals surface area contributed by atoms with Crippen molar-refractivity contribution in [3.63, 3.8) is 0 Å². The lowest BCUT2D eigenvalue weighted by Crippen LogP contribution is -2.36. The molecule has 2 rings (SSSR count). The molecule has 0 saturated carbocycles. The molecule has 4 heteroatoms. The van der Waals surface area contributed by atoms with Crippen LogP contribution in [0, 0.1) is 0 Å². The molecule has 1 N–H and O–H groups in total. The number of likely N-dealkylation sites (tertiary alicyclic amines) is 1. The molecule has 1 aliphatic rings. The summed E-state index contributed by atoms with van der Waals surface area (Å²) in [5, 5.41) is 3.41. The Morgan fingerprint density at radius 2 is 1.86 bits per heavy atom. The maximum atomic E-state index is 12.1. The zero-order chi connectivity index (χ0) is 15.1. The van der Waals surface area contributed by atoms with Crippen LogP contribution in [0.5, 0.6) is 0 Å². The number of piperidine rings is 1. The molecule has 0 bridgehead atoms. The van der Waals surface area contributed by atoms with Crippen molar-refractivity contribution in [3.8, 4) is 0 Å². The van der Waals surface area contributed by atoms with Crippen molar-refractivity contribution in [2.24, 2.45) is 0 Å². The molecule has 1 fully saturated rings. The molecule has 1 aromatic rings. The second-order valence-electron chi connectivity index (χ2n) is 5.91. The minimum atomic E-state index is 0.283. The largest absolute Gasteiger partial charge is 0.342 e. The number of nitrogens with zero attached hydrogens (tertiary/aromatic N) is 1. The summed E-state index contributed by atoms with van der Waals surface area (Å²) in [4.78, 5) is 15.3. The van der Waals surface area contributed by atoms with Gasteiger partial charge in [0.25, 0.3) is 0 Å². The van der Waals surface area contributed by atoms with E-state index in [4.69, 9.17) is 0 Å². The van der Waals surface area contributed by atoms with Crippen LogP contribution in [0.25, 0.3) is 0 Å². The molecule has 0 unspecified atom stereocenters. The summed E-state index contributed by atoms with van der Waals surface area (Å²) in [6, 6.07) is 9.02. The van der Waals surface area contributed by atoms with Gasteiger partial charge < -0.3 is 10.2 Å². The summed E-state index contributed by atoms with van der Waals surface area (Å²) in [5.74, 6) is 0.842. The molecular weight excluding hydrogens is 280 g/mol. The number of thioether (sulfide) groups is 1. The molecule has 1 aromatic carbocycles. The molecule has 1 heterocycles. The highest BCUT2D eigenvalue weighted by atomic mass is 32.2. The molecule has 1 saturated heterocycles. The van der Waals surface area contributed by atoms with E-state index in [-0.39, 0.29) is 5.91 Å². The highest BCUT2D eigenvalue weighted by molar-refractivity contribution is 8.00. The molecule has 3 nitrogen and oxygen atoms in total. The van der Waals surface area contributed by atoms with Crippen molar-refractivity contribution in [2.45, 2.75) is 50.6 Å². The van der Waals surface area contributed by atoms with E-state index in [1.54, 1.807) is 11.8 Å². The van der Waals surface area contributed by atoms with E-state index in [0.29, 0.717) is 11.8 Å². The first-order chi connectivity index (χ1) is 10.1. The van der Waals surface area contributed by atoms with E-state index in [9.17, 15) is 4.79 Å². The lowest BCUT2D eigenvalue weighted by atomic mass is 10.1. The van der Waals surface area contributed by atoms with Crippen molar-refractivity contribution in [1.29, 1.82) is 0 Å². The van der Waals surface area contributed by atoms with Crippen molar-refractivity contribution in [1.82, 2.24) is 10.2 Å². The van der Waals surface area contributed by atoms with Gasteiger partial charge in [-0.3, -0.25) is 4.79 Å². The average Bonchev–Trinajstić information content (AvgIpc) is 2.52. The summed E-state index contributed by atoms with van der Waals surface area (Å²) >= 11 is 1.64. The van der Waals surface area contributed by atoms with E-state index >= 15 is 0 Å². The van der Waals surface area contributed by atoms with Gasteiger partial charge in [-0.05, 0) is 37.0 Å². The Kier molecular flexibility index (Phi) is 6.58. The fourth-order valence-corrected chi connectivity index (χ4v) is 3.21. The van der Waals surface area contributed by atoms with E-state index in [1.807, 2.05) is 4.90 Å². The van der Waals surface area contributed by atoms with Crippen LogP contribution in [0.1, 0.15) is 38.7 Å². The molecule has 1 aliphatic heterocycles. The van der Waals surface area contributed by atoms with Crippen LogP contribution in [0.4, 0.5) is 0 Å². The zero-order valence-electron chi connectivity index (χ0n) is 13.1. The highest BCUT2D eigenvalue weighted by Gasteiger charge is 2.16. The molecule has 0 radical (unpaired) electrons. The topological polar surface area (TPSA) is 32.3 Å². The van der Waals surface area contributed by atoms with Crippen LogP contribution < -0.4 is 5.32 Å². The van der Waals surface area contributed by atoms with Gasteiger partial charge in [-0.1, -0.05) is 26.0 Å². The van der Waals surface area contributed by atoms with Gasteiger partial charge >= 0.3 is 0 Å². The molecule has 0 aromatic heterocycles. The Bertz CT molecular complexity index is 439. The molecule has 21 heavy (non-hydrogen) atoms. The second-order valence-corrected chi connectivity index (χ2v) is 6.96. The van der Waals surface area contributed by atoms with Gasteiger partial charge in [0.05, 0.1) is 5.75 Å². The summed E-state index contributed by atoms with van der Waals surface area (Å²) in [6.07, 6.45) is 3.59. The number of hydrogen-bond donors (Lipinski definition) is 1. The van der Waals surface area contributed by atoms with Crippen LogP contribution in [0.3, 0.4) is 0 Å². The Morgan fingerprint density at radius 1 is 1.19 bits per heavy atom. The molecule has 1 amide bonds. The fraction of sp³-hybridized carbons (Fsp3) is 0.588. The second kappa shape index (κ2) is 8.44. The van der Waals surface area contributed by atoms with Crippen LogP contribution in [-0.2, 0) is 11.3 Å². The predicted octanol–water partition coefficient (Wildman–Crippen LogP) is 3.29. The SMILES string of the molecule is CC(C)NCc1ccc(SCC(=O)N2CCCCC2)cc1. The summed E-state index contributed by atoms with van der Waals surface area (Å²) in [7, 11) is 0. The van der Waals surface area contributed by atoms with Gasteiger partial charge in [-0.2, -0.15) is 0 Å². The van der Waals surface area contributed by atoms with Gasteiger partial charge in [0.1, 0.15) is 0 Å². The third-order valence-corrected chi connectivity index (χ3v) is 4.71. The molecular formula is C17H26N2OS. The number of amides is 1. The molecule has 0 aliphatic carbocycles. The number of hydrogen-bond acceptors (Lipinski definition) is 3. The minimum Gasteiger partial charge on any atom is -0.342 e. The Balaban J connectivity index is 1.76. The van der Waals surface area contributed by atoms with E-state index in [1.165, 1.54) is 16.9 Å². The van der Waals surface area contributed by atoms with E-state index < -0.39 is 0 Å². The maximum absolute atomic E-state index is 12.1. The Hall–Kier alpha value is -1.00. The van der Waals surface area contributed by atoms with Gasteiger partial charge in [0, 0.05) is 30.6 Å². The smallest absolute Gasteiger partial charge is 0.232 e. The molecule has 116 valence electrons. The van der Waals surface area contributed by atoms with Gasteiger partial charge in [0.2, 0.25) is 5.91 Å². The summed E-state index contributed by atoms with van der Waals surface area (Å²) < 4.78 is 0. The third kappa shape index (κ3) is 5.71. The van der Waals surface area contributed by atoms with Gasteiger partial charge in [0.15, 0.2) is 0 Å². The lowest BCUT2D eigenvalue weighted by molar-refractivity contribution is -0.129. The molecule has 0 atom stereocenters. The van der Waals surface area contributed by atoms with E-state index in [0.717, 1.165) is 32.5 Å².